The molecule has 294 valence electrons. The fourth-order valence-electron chi connectivity index (χ4n) is 5.77. The summed E-state index contributed by atoms with van der Waals surface area (Å²) in [5.41, 5.74) is -7.94. The van der Waals surface area contributed by atoms with Gasteiger partial charge in [-0.2, -0.15) is 0 Å². The first-order chi connectivity index (χ1) is 21.3. The van der Waals surface area contributed by atoms with E-state index < -0.39 is 69.7 Å². The van der Waals surface area contributed by atoms with Gasteiger partial charge in [-0.15, -0.1) is 0 Å². The molecule has 12 nitrogen and oxygen atoms in total. The molecule has 0 aromatic heterocycles. The second-order valence-corrected chi connectivity index (χ2v) is 19.2. The van der Waals surface area contributed by atoms with E-state index in [0.29, 0.717) is 0 Å². The SMILES string of the molecule is CC(C)(C)OCC1(C)OC(C)(C)C(C)(O)C1O.CC(C)(C)OCC1OC(C)(C)C(C)(O)C1O.CC1OC(C)(COC(C)(C)C)C(O)C1(C)O. The van der Waals surface area contributed by atoms with Gasteiger partial charge < -0.3 is 59.1 Å². The summed E-state index contributed by atoms with van der Waals surface area (Å²) in [6, 6.07) is 0. The number of aliphatic hydroxyl groups is 6. The first kappa shape index (κ1) is 46.5. The minimum absolute atomic E-state index is 0.247. The lowest BCUT2D eigenvalue weighted by molar-refractivity contribution is -0.162. The van der Waals surface area contributed by atoms with Crippen LogP contribution in [-0.4, -0.2) is 137 Å². The average Bonchev–Trinajstić information content (AvgIpc) is 3.21. The Bertz CT molecular complexity index is 1060. The van der Waals surface area contributed by atoms with Gasteiger partial charge >= 0.3 is 0 Å². The van der Waals surface area contributed by atoms with Crippen LogP contribution in [-0.2, 0) is 28.4 Å². The second kappa shape index (κ2) is 14.7. The molecule has 0 saturated carbocycles. The maximum Gasteiger partial charge on any atom is 0.119 e. The maximum absolute atomic E-state index is 10.3. The van der Waals surface area contributed by atoms with E-state index in [0.717, 1.165) is 0 Å². The predicted octanol–water partition coefficient (Wildman–Crippen LogP) is 3.66. The van der Waals surface area contributed by atoms with Crippen molar-refractivity contribution in [1.82, 2.24) is 0 Å². The summed E-state index contributed by atoms with van der Waals surface area (Å²) < 4.78 is 34.0. The topological polar surface area (TPSA) is 177 Å². The maximum atomic E-state index is 10.3. The summed E-state index contributed by atoms with van der Waals surface area (Å²) in [6.07, 6.45) is -3.74. The zero-order valence-electron chi connectivity index (χ0n) is 34.1. The van der Waals surface area contributed by atoms with Gasteiger partial charge in [0, 0.05) is 0 Å². The van der Waals surface area contributed by atoms with Crippen molar-refractivity contribution in [2.24, 2.45) is 0 Å². The highest BCUT2D eigenvalue weighted by molar-refractivity contribution is 5.12. The fraction of sp³-hybridized carbons (Fsp3) is 1.00. The lowest BCUT2D eigenvalue weighted by Crippen LogP contribution is -2.53. The van der Waals surface area contributed by atoms with E-state index in [9.17, 15) is 30.6 Å². The molecule has 0 aromatic rings. The number of hydrogen-bond acceptors (Lipinski definition) is 12. The van der Waals surface area contributed by atoms with Crippen LogP contribution in [0.1, 0.15) is 132 Å². The summed E-state index contributed by atoms with van der Waals surface area (Å²) in [6.45, 7) is 35.4. The summed E-state index contributed by atoms with van der Waals surface area (Å²) in [7, 11) is 0. The molecule has 3 rings (SSSR count). The minimum atomic E-state index is -1.29. The van der Waals surface area contributed by atoms with Crippen molar-refractivity contribution in [3.8, 4) is 0 Å². The van der Waals surface area contributed by atoms with E-state index in [-0.39, 0.29) is 36.6 Å². The van der Waals surface area contributed by atoms with E-state index in [1.54, 1.807) is 69.2 Å². The van der Waals surface area contributed by atoms with Crippen LogP contribution in [0.4, 0.5) is 0 Å². The van der Waals surface area contributed by atoms with Crippen molar-refractivity contribution in [2.45, 2.75) is 218 Å². The van der Waals surface area contributed by atoms with Crippen molar-refractivity contribution >= 4 is 0 Å². The molecular formula is C37H74O12. The monoisotopic (exact) mass is 711 g/mol. The van der Waals surface area contributed by atoms with E-state index >= 15 is 0 Å². The van der Waals surface area contributed by atoms with E-state index in [2.05, 4.69) is 0 Å². The molecule has 6 N–H and O–H groups in total. The lowest BCUT2D eigenvalue weighted by atomic mass is 9.81. The van der Waals surface area contributed by atoms with Crippen molar-refractivity contribution in [3.05, 3.63) is 0 Å². The second-order valence-electron chi connectivity index (χ2n) is 19.2. The molecule has 0 bridgehead atoms. The average molecular weight is 711 g/mol. The molecule has 0 amide bonds. The Morgan fingerprint density at radius 2 is 0.959 bits per heavy atom. The molecule has 0 aliphatic carbocycles. The van der Waals surface area contributed by atoms with Gasteiger partial charge in [0.15, 0.2) is 0 Å². The Kier molecular flexibility index (Phi) is 14.0. The molecule has 3 aliphatic rings. The Morgan fingerprint density at radius 3 is 1.24 bits per heavy atom. The van der Waals surface area contributed by atoms with E-state index in [4.69, 9.17) is 28.4 Å². The van der Waals surface area contributed by atoms with Crippen LogP contribution in [0.15, 0.2) is 0 Å². The smallest absolute Gasteiger partial charge is 0.119 e. The van der Waals surface area contributed by atoms with Crippen LogP contribution in [0.25, 0.3) is 0 Å². The van der Waals surface area contributed by atoms with Gasteiger partial charge in [-0.25, -0.2) is 0 Å². The predicted molar refractivity (Wildman–Crippen MR) is 188 cm³/mol. The molecule has 0 spiro atoms. The Hall–Kier alpha value is -0.480. The number of ether oxygens (including phenoxy) is 6. The van der Waals surface area contributed by atoms with Crippen LogP contribution < -0.4 is 0 Å². The van der Waals surface area contributed by atoms with E-state index in [1.807, 2.05) is 62.3 Å². The van der Waals surface area contributed by atoms with Gasteiger partial charge in [-0.05, 0) is 132 Å². The lowest BCUT2D eigenvalue weighted by Gasteiger charge is -2.33. The van der Waals surface area contributed by atoms with Crippen molar-refractivity contribution in [3.63, 3.8) is 0 Å². The highest BCUT2D eigenvalue weighted by Crippen LogP contribution is 2.46. The summed E-state index contributed by atoms with van der Waals surface area (Å²) >= 11 is 0. The third-order valence-electron chi connectivity index (χ3n) is 10.1. The van der Waals surface area contributed by atoms with Crippen LogP contribution in [0.3, 0.4) is 0 Å². The summed E-state index contributed by atoms with van der Waals surface area (Å²) in [5, 5.41) is 60.9. The van der Waals surface area contributed by atoms with Crippen molar-refractivity contribution < 1.29 is 59.1 Å². The zero-order chi connectivity index (χ0) is 39.3. The van der Waals surface area contributed by atoms with Crippen LogP contribution in [0, 0.1) is 0 Å². The van der Waals surface area contributed by atoms with Gasteiger partial charge in [0.25, 0.3) is 0 Å². The number of aliphatic hydroxyl groups excluding tert-OH is 3. The van der Waals surface area contributed by atoms with Crippen LogP contribution in [0.5, 0.6) is 0 Å². The Morgan fingerprint density at radius 1 is 0.551 bits per heavy atom. The quantitative estimate of drug-likeness (QED) is 0.236. The number of rotatable bonds is 6. The molecule has 3 aliphatic heterocycles. The molecular weight excluding hydrogens is 636 g/mol. The highest BCUT2D eigenvalue weighted by Gasteiger charge is 2.63. The van der Waals surface area contributed by atoms with Gasteiger partial charge in [0.2, 0.25) is 0 Å². The van der Waals surface area contributed by atoms with Crippen LogP contribution >= 0.6 is 0 Å². The van der Waals surface area contributed by atoms with Gasteiger partial charge in [0.1, 0.15) is 52.4 Å². The first-order valence-corrected chi connectivity index (χ1v) is 17.5. The summed E-state index contributed by atoms with van der Waals surface area (Å²) in [5.74, 6) is 0. The molecule has 49 heavy (non-hydrogen) atoms. The molecule has 12 heteroatoms. The zero-order valence-corrected chi connectivity index (χ0v) is 34.1. The van der Waals surface area contributed by atoms with Gasteiger partial charge in [-0.1, -0.05) is 0 Å². The molecule has 10 unspecified atom stereocenters. The highest BCUT2D eigenvalue weighted by atomic mass is 16.6. The first-order valence-electron chi connectivity index (χ1n) is 17.5. The molecule has 10 atom stereocenters. The largest absolute Gasteiger partial charge is 0.387 e. The molecule has 0 aromatic carbocycles. The Labute approximate surface area is 296 Å². The standard InChI is InChI=1S/C13H26O4.2C12H24O4/c1-10(2,3)16-8-12(6)9(14)13(7,15)11(4,5)17-12;1-10(2,3)15-7-8-9(13)12(6,14)11(4,5)16-8;1-8-12(6,14)9(13)11(5,16-8)7-15-10(2,3)4/h9,14-15H,8H2,1-7H3;2*8-9,13-14H,7H2,1-6H3. The van der Waals surface area contributed by atoms with Crippen molar-refractivity contribution in [2.75, 3.05) is 19.8 Å². The summed E-state index contributed by atoms with van der Waals surface area (Å²) in [4.78, 5) is 0. The van der Waals surface area contributed by atoms with Crippen LogP contribution in [0.2, 0.25) is 0 Å². The molecule has 3 fully saturated rings. The fourth-order valence-corrected chi connectivity index (χ4v) is 5.77. The molecule has 3 heterocycles. The van der Waals surface area contributed by atoms with Gasteiger partial charge in [-0.3, -0.25) is 0 Å². The molecule has 3 saturated heterocycles. The van der Waals surface area contributed by atoms with E-state index in [1.165, 1.54) is 0 Å². The Balaban J connectivity index is 0.000000368. The normalized spacial score (nSPS) is 41.9. The third-order valence-corrected chi connectivity index (χ3v) is 10.1. The third kappa shape index (κ3) is 11.3. The number of hydrogen-bond donors (Lipinski definition) is 6. The molecule has 0 radical (unpaired) electrons. The van der Waals surface area contributed by atoms with Crippen molar-refractivity contribution in [1.29, 1.82) is 0 Å². The van der Waals surface area contributed by atoms with Gasteiger partial charge in [0.05, 0.1) is 53.9 Å². The minimum Gasteiger partial charge on any atom is -0.387 e.